The number of rotatable bonds is 2. The van der Waals surface area contributed by atoms with Crippen molar-refractivity contribution in [2.75, 3.05) is 6.61 Å². The second-order valence-electron chi connectivity index (χ2n) is 3.07. The Kier molecular flexibility index (Phi) is 2.26. The minimum absolute atomic E-state index is 0.203. The predicted molar refractivity (Wildman–Crippen MR) is 48.2 cm³/mol. The normalized spacial score (nSPS) is 22.5. The molecule has 1 atom stereocenters. The van der Waals surface area contributed by atoms with E-state index < -0.39 is 0 Å². The Morgan fingerprint density at radius 1 is 1.79 bits per heavy atom. The predicted octanol–water partition coefficient (Wildman–Crippen LogP) is 0.460. The lowest BCUT2D eigenvalue weighted by Crippen LogP contribution is -2.16. The minimum Gasteiger partial charge on any atom is -0.465 e. The molecule has 0 radical (unpaired) electrons. The number of carbonyl (C=O) groups excluding carboxylic acids is 1. The summed E-state index contributed by atoms with van der Waals surface area (Å²) in [6.07, 6.45) is 2.07. The standard InChI is InChI=1S/C8H10N4O2/c1-5(6-2-3-14-7(6)13)11-8-9-4-10-12-8/h4,6H,2-3H2,1H3,(H,9,10,12)/t6-/m1/s1. The number of hydrogen-bond acceptors (Lipinski definition) is 5. The monoisotopic (exact) mass is 194 g/mol. The van der Waals surface area contributed by atoms with E-state index in [1.54, 1.807) is 6.92 Å². The van der Waals surface area contributed by atoms with E-state index in [1.807, 2.05) is 0 Å². The van der Waals surface area contributed by atoms with Crippen LogP contribution in [0.5, 0.6) is 0 Å². The number of cyclic esters (lactones) is 1. The lowest BCUT2D eigenvalue weighted by molar-refractivity contribution is -0.139. The van der Waals surface area contributed by atoms with E-state index in [9.17, 15) is 4.79 Å². The van der Waals surface area contributed by atoms with Crippen molar-refractivity contribution in [2.45, 2.75) is 13.3 Å². The van der Waals surface area contributed by atoms with Crippen LogP contribution in [0.3, 0.4) is 0 Å². The van der Waals surface area contributed by atoms with Crippen LogP contribution in [0.4, 0.5) is 5.95 Å². The van der Waals surface area contributed by atoms with Gasteiger partial charge in [-0.15, -0.1) is 0 Å². The molecule has 6 heteroatoms. The molecular weight excluding hydrogens is 184 g/mol. The van der Waals surface area contributed by atoms with Crippen LogP contribution in [-0.4, -0.2) is 33.5 Å². The maximum absolute atomic E-state index is 11.2. The summed E-state index contributed by atoms with van der Waals surface area (Å²) < 4.78 is 4.84. The molecule has 0 amide bonds. The maximum atomic E-state index is 11.2. The Labute approximate surface area is 80.4 Å². The fraction of sp³-hybridized carbons (Fsp3) is 0.500. The summed E-state index contributed by atoms with van der Waals surface area (Å²) in [5.41, 5.74) is 0.712. The molecule has 74 valence electrons. The number of esters is 1. The zero-order valence-electron chi connectivity index (χ0n) is 7.73. The van der Waals surface area contributed by atoms with Crippen LogP contribution in [0, 0.1) is 5.92 Å². The topological polar surface area (TPSA) is 80.2 Å². The van der Waals surface area contributed by atoms with E-state index in [0.717, 1.165) is 0 Å². The number of aliphatic imine (C=N–C) groups is 1. The Hall–Kier alpha value is -1.72. The number of hydrogen-bond donors (Lipinski definition) is 1. The van der Waals surface area contributed by atoms with Crippen LogP contribution >= 0.6 is 0 Å². The largest absolute Gasteiger partial charge is 0.465 e. The van der Waals surface area contributed by atoms with Gasteiger partial charge in [-0.2, -0.15) is 10.1 Å². The number of aromatic nitrogens is 3. The first-order valence-electron chi connectivity index (χ1n) is 4.34. The van der Waals surface area contributed by atoms with Crippen molar-refractivity contribution in [1.82, 2.24) is 15.2 Å². The third-order valence-corrected chi connectivity index (χ3v) is 2.12. The summed E-state index contributed by atoms with van der Waals surface area (Å²) in [5.74, 6) is -0.00642. The molecule has 0 unspecified atom stereocenters. The Morgan fingerprint density at radius 3 is 3.21 bits per heavy atom. The molecule has 14 heavy (non-hydrogen) atoms. The Balaban J connectivity index is 2.15. The molecule has 0 saturated carbocycles. The SMILES string of the molecule is CC(=Nc1ncn[nH]1)[C@H]1CCOC1=O. The lowest BCUT2D eigenvalue weighted by Gasteiger charge is -2.02. The number of ether oxygens (including phenoxy) is 1. The molecule has 1 fully saturated rings. The second-order valence-corrected chi connectivity index (χ2v) is 3.07. The molecular formula is C8H10N4O2. The van der Waals surface area contributed by atoms with E-state index >= 15 is 0 Å². The van der Waals surface area contributed by atoms with Gasteiger partial charge < -0.3 is 4.74 Å². The molecule has 1 aliphatic heterocycles. The molecule has 2 rings (SSSR count). The van der Waals surface area contributed by atoms with Gasteiger partial charge in [0.1, 0.15) is 6.33 Å². The first-order valence-corrected chi connectivity index (χ1v) is 4.34. The smallest absolute Gasteiger partial charge is 0.314 e. The van der Waals surface area contributed by atoms with E-state index in [0.29, 0.717) is 24.7 Å². The van der Waals surface area contributed by atoms with E-state index in [4.69, 9.17) is 4.74 Å². The van der Waals surface area contributed by atoms with Gasteiger partial charge in [-0.05, 0) is 6.92 Å². The van der Waals surface area contributed by atoms with Gasteiger partial charge in [-0.1, -0.05) is 0 Å². The van der Waals surface area contributed by atoms with Crippen molar-refractivity contribution in [1.29, 1.82) is 0 Å². The van der Waals surface area contributed by atoms with Crippen molar-refractivity contribution < 1.29 is 9.53 Å². The quantitative estimate of drug-likeness (QED) is 0.547. The van der Waals surface area contributed by atoms with Gasteiger partial charge in [0.15, 0.2) is 0 Å². The minimum atomic E-state index is -0.222. The fourth-order valence-electron chi connectivity index (χ4n) is 1.37. The van der Waals surface area contributed by atoms with Gasteiger partial charge in [0, 0.05) is 12.1 Å². The average molecular weight is 194 g/mol. The highest BCUT2D eigenvalue weighted by Crippen LogP contribution is 2.17. The maximum Gasteiger partial charge on any atom is 0.314 e. The Bertz CT molecular complexity index is 357. The molecule has 6 nitrogen and oxygen atoms in total. The molecule has 2 heterocycles. The van der Waals surface area contributed by atoms with Crippen LogP contribution < -0.4 is 0 Å². The molecule has 1 N–H and O–H groups in total. The fourth-order valence-corrected chi connectivity index (χ4v) is 1.37. The zero-order valence-corrected chi connectivity index (χ0v) is 7.73. The van der Waals surface area contributed by atoms with Crippen molar-refractivity contribution >= 4 is 17.6 Å². The van der Waals surface area contributed by atoms with Crippen molar-refractivity contribution in [2.24, 2.45) is 10.9 Å². The van der Waals surface area contributed by atoms with Gasteiger partial charge in [-0.25, -0.2) is 10.1 Å². The van der Waals surface area contributed by atoms with Gasteiger partial charge in [0.2, 0.25) is 5.95 Å². The van der Waals surface area contributed by atoms with Gasteiger partial charge in [0.05, 0.1) is 12.5 Å². The first-order chi connectivity index (χ1) is 6.77. The van der Waals surface area contributed by atoms with Gasteiger partial charge >= 0.3 is 5.97 Å². The van der Waals surface area contributed by atoms with E-state index in [2.05, 4.69) is 20.2 Å². The van der Waals surface area contributed by atoms with Gasteiger partial charge in [-0.3, -0.25) is 4.79 Å². The first kappa shape index (κ1) is 8.86. The van der Waals surface area contributed by atoms with Crippen molar-refractivity contribution in [3.8, 4) is 0 Å². The summed E-state index contributed by atoms with van der Waals surface area (Å²) in [5, 5.41) is 6.27. The van der Waals surface area contributed by atoms with E-state index in [1.165, 1.54) is 6.33 Å². The molecule has 1 aromatic heterocycles. The third kappa shape index (κ3) is 1.63. The van der Waals surface area contributed by atoms with Gasteiger partial charge in [0.25, 0.3) is 0 Å². The summed E-state index contributed by atoms with van der Waals surface area (Å²) in [6, 6.07) is 0. The molecule has 0 spiro atoms. The number of nitrogens with one attached hydrogen (secondary N) is 1. The molecule has 1 aromatic rings. The van der Waals surface area contributed by atoms with Crippen LogP contribution in [0.1, 0.15) is 13.3 Å². The highest BCUT2D eigenvalue weighted by molar-refractivity contribution is 6.02. The van der Waals surface area contributed by atoms with Crippen LogP contribution in [0.2, 0.25) is 0 Å². The zero-order chi connectivity index (χ0) is 9.97. The van der Waals surface area contributed by atoms with Crippen molar-refractivity contribution in [3.63, 3.8) is 0 Å². The highest BCUT2D eigenvalue weighted by atomic mass is 16.5. The number of aromatic amines is 1. The number of carbonyl (C=O) groups is 1. The molecule has 0 aliphatic carbocycles. The second kappa shape index (κ2) is 3.57. The molecule has 1 aliphatic rings. The number of H-pyrrole nitrogens is 1. The highest BCUT2D eigenvalue weighted by Gasteiger charge is 2.29. The van der Waals surface area contributed by atoms with Crippen molar-refractivity contribution in [3.05, 3.63) is 6.33 Å². The molecule has 1 saturated heterocycles. The number of nitrogens with zero attached hydrogens (tertiary/aromatic N) is 3. The van der Waals surface area contributed by atoms with Crippen LogP contribution in [-0.2, 0) is 9.53 Å². The summed E-state index contributed by atoms with van der Waals surface area (Å²) in [4.78, 5) is 19.2. The summed E-state index contributed by atoms with van der Waals surface area (Å²) in [7, 11) is 0. The summed E-state index contributed by atoms with van der Waals surface area (Å²) in [6.45, 7) is 2.27. The third-order valence-electron chi connectivity index (χ3n) is 2.12. The van der Waals surface area contributed by atoms with Crippen LogP contribution in [0.25, 0.3) is 0 Å². The average Bonchev–Trinajstić information content (AvgIpc) is 2.75. The summed E-state index contributed by atoms with van der Waals surface area (Å²) >= 11 is 0. The molecule has 0 aromatic carbocycles. The van der Waals surface area contributed by atoms with Crippen LogP contribution in [0.15, 0.2) is 11.3 Å². The lowest BCUT2D eigenvalue weighted by atomic mass is 10.0. The Morgan fingerprint density at radius 2 is 2.64 bits per heavy atom. The molecule has 0 bridgehead atoms. The van der Waals surface area contributed by atoms with E-state index in [-0.39, 0.29) is 11.9 Å².